The molecule has 2 N–H and O–H groups in total. The third-order valence-corrected chi connectivity index (χ3v) is 3.89. The Morgan fingerprint density at radius 1 is 0.909 bits per heavy atom. The van der Waals surface area contributed by atoms with Crippen LogP contribution in [-0.4, -0.2) is 50.7 Å². The van der Waals surface area contributed by atoms with Crippen molar-refractivity contribution in [2.45, 2.75) is 53.9 Å². The van der Waals surface area contributed by atoms with E-state index < -0.39 is 0 Å². The molecule has 0 aliphatic heterocycles. The molecule has 0 saturated carbocycles. The zero-order valence-electron chi connectivity index (χ0n) is 15.7. The van der Waals surface area contributed by atoms with Crippen LogP contribution in [-0.2, 0) is 0 Å². The number of likely N-dealkylation sites (N-methyl/N-ethyl adjacent to an activating group) is 1. The van der Waals surface area contributed by atoms with Crippen LogP contribution in [0.4, 0.5) is 0 Å². The molecule has 0 aromatic rings. The molecule has 0 aromatic carbocycles. The predicted molar refractivity (Wildman–Crippen MR) is 101 cm³/mol. The Hall–Kier alpha value is -0.640. The zero-order chi connectivity index (χ0) is 16.6. The highest BCUT2D eigenvalue weighted by atomic mass is 15.1. The molecule has 0 rings (SSSR count). The molecule has 3 nitrogen and oxygen atoms in total. The average molecular weight is 310 g/mol. The number of hydrogen-bond donors (Lipinski definition) is 2. The van der Waals surface area contributed by atoms with Crippen molar-refractivity contribution < 1.29 is 0 Å². The van der Waals surface area contributed by atoms with E-state index in [1.165, 1.54) is 30.4 Å². The molecule has 0 bridgehead atoms. The Kier molecular flexibility index (Phi) is 14.8. The van der Waals surface area contributed by atoms with Gasteiger partial charge in [-0.05, 0) is 66.2 Å². The second kappa shape index (κ2) is 15.3. The number of rotatable bonds is 14. The Morgan fingerprint density at radius 2 is 1.59 bits per heavy atom. The summed E-state index contributed by atoms with van der Waals surface area (Å²) in [5.41, 5.74) is 2.90. The van der Waals surface area contributed by atoms with Crippen LogP contribution in [0.2, 0.25) is 0 Å². The molecule has 0 spiro atoms. The van der Waals surface area contributed by atoms with Gasteiger partial charge in [0, 0.05) is 19.6 Å². The second-order valence-corrected chi connectivity index (χ2v) is 6.21. The van der Waals surface area contributed by atoms with E-state index in [1.807, 2.05) is 0 Å². The molecule has 0 unspecified atom stereocenters. The van der Waals surface area contributed by atoms with Gasteiger partial charge in [0.2, 0.25) is 0 Å². The van der Waals surface area contributed by atoms with E-state index in [9.17, 15) is 0 Å². The standard InChI is InChI=1S/C19H39N3/c1-6-22(7-2)17-16-21-14-9-13-20-15-12-19(5)11-8-10-18(3)4/h10,12,20-21H,6-9,11,13-17H2,1-5H3. The van der Waals surface area contributed by atoms with Crippen molar-refractivity contribution in [1.82, 2.24) is 15.5 Å². The summed E-state index contributed by atoms with van der Waals surface area (Å²) in [6, 6.07) is 0. The van der Waals surface area contributed by atoms with Gasteiger partial charge in [0.1, 0.15) is 0 Å². The minimum atomic E-state index is 1.00. The van der Waals surface area contributed by atoms with Gasteiger partial charge in [-0.25, -0.2) is 0 Å². The molecule has 0 radical (unpaired) electrons. The van der Waals surface area contributed by atoms with Crippen LogP contribution in [0.25, 0.3) is 0 Å². The quantitative estimate of drug-likeness (QED) is 0.379. The van der Waals surface area contributed by atoms with Gasteiger partial charge in [0.15, 0.2) is 0 Å². The molecule has 0 saturated heterocycles. The van der Waals surface area contributed by atoms with E-state index in [0.717, 1.165) is 45.8 Å². The number of allylic oxidation sites excluding steroid dienone is 3. The van der Waals surface area contributed by atoms with E-state index in [-0.39, 0.29) is 0 Å². The maximum Gasteiger partial charge on any atom is 0.0137 e. The molecule has 0 amide bonds. The SMILES string of the molecule is CCN(CC)CCNCCCNCC=C(C)CCC=C(C)C. The summed E-state index contributed by atoms with van der Waals surface area (Å²) in [6.45, 7) is 18.8. The van der Waals surface area contributed by atoms with Gasteiger partial charge in [0.05, 0.1) is 0 Å². The largest absolute Gasteiger partial charge is 0.315 e. The molecule has 3 heteroatoms. The number of nitrogens with zero attached hydrogens (tertiary/aromatic N) is 1. The lowest BCUT2D eigenvalue weighted by atomic mass is 10.1. The van der Waals surface area contributed by atoms with Crippen molar-refractivity contribution in [3.05, 3.63) is 23.3 Å². The van der Waals surface area contributed by atoms with Gasteiger partial charge in [0.25, 0.3) is 0 Å². The third-order valence-electron chi connectivity index (χ3n) is 3.89. The predicted octanol–water partition coefficient (Wildman–Crippen LogP) is 3.59. The lowest BCUT2D eigenvalue weighted by Crippen LogP contribution is -2.33. The zero-order valence-corrected chi connectivity index (χ0v) is 15.7. The Balaban J connectivity index is 3.40. The van der Waals surface area contributed by atoms with Crippen molar-refractivity contribution in [2.24, 2.45) is 0 Å². The summed E-state index contributed by atoms with van der Waals surface area (Å²) in [5, 5.41) is 7.01. The molecule has 0 aromatic heterocycles. The fraction of sp³-hybridized carbons (Fsp3) is 0.789. The van der Waals surface area contributed by atoms with Crippen LogP contribution in [0.3, 0.4) is 0 Å². The first kappa shape index (κ1) is 21.4. The summed E-state index contributed by atoms with van der Waals surface area (Å²) in [7, 11) is 0. The van der Waals surface area contributed by atoms with Crippen molar-refractivity contribution in [3.8, 4) is 0 Å². The van der Waals surface area contributed by atoms with Crippen LogP contribution in [0.1, 0.15) is 53.9 Å². The van der Waals surface area contributed by atoms with Gasteiger partial charge in [-0.3, -0.25) is 0 Å². The van der Waals surface area contributed by atoms with E-state index in [0.29, 0.717) is 0 Å². The average Bonchev–Trinajstić information content (AvgIpc) is 2.49. The van der Waals surface area contributed by atoms with Gasteiger partial charge in [-0.1, -0.05) is 37.1 Å². The van der Waals surface area contributed by atoms with Crippen molar-refractivity contribution >= 4 is 0 Å². The first-order valence-corrected chi connectivity index (χ1v) is 9.02. The molecule has 130 valence electrons. The van der Waals surface area contributed by atoms with Crippen molar-refractivity contribution in [1.29, 1.82) is 0 Å². The molecule has 0 aliphatic rings. The molecule has 22 heavy (non-hydrogen) atoms. The highest BCUT2D eigenvalue weighted by Crippen LogP contribution is 2.05. The highest BCUT2D eigenvalue weighted by Gasteiger charge is 1.97. The third kappa shape index (κ3) is 14.3. The van der Waals surface area contributed by atoms with Crippen LogP contribution >= 0.6 is 0 Å². The highest BCUT2D eigenvalue weighted by molar-refractivity contribution is 5.02. The summed E-state index contributed by atoms with van der Waals surface area (Å²) >= 11 is 0. The van der Waals surface area contributed by atoms with Crippen LogP contribution in [0, 0.1) is 0 Å². The number of hydrogen-bond acceptors (Lipinski definition) is 3. The first-order valence-electron chi connectivity index (χ1n) is 9.02. The monoisotopic (exact) mass is 309 g/mol. The number of nitrogens with one attached hydrogen (secondary N) is 2. The smallest absolute Gasteiger partial charge is 0.0137 e. The minimum absolute atomic E-state index is 1.00. The Labute approximate surface area is 139 Å². The molecule has 0 atom stereocenters. The molecular formula is C19H39N3. The maximum absolute atomic E-state index is 3.52. The van der Waals surface area contributed by atoms with Crippen LogP contribution in [0.15, 0.2) is 23.3 Å². The summed E-state index contributed by atoms with van der Waals surface area (Å²) in [4.78, 5) is 2.45. The summed E-state index contributed by atoms with van der Waals surface area (Å²) < 4.78 is 0. The fourth-order valence-corrected chi connectivity index (χ4v) is 2.28. The van der Waals surface area contributed by atoms with Gasteiger partial charge in [-0.2, -0.15) is 0 Å². The van der Waals surface area contributed by atoms with E-state index in [1.54, 1.807) is 0 Å². The normalized spacial score (nSPS) is 12.0. The lowest BCUT2D eigenvalue weighted by molar-refractivity contribution is 0.302. The van der Waals surface area contributed by atoms with E-state index >= 15 is 0 Å². The van der Waals surface area contributed by atoms with Crippen LogP contribution < -0.4 is 10.6 Å². The molecule has 0 fully saturated rings. The van der Waals surface area contributed by atoms with Gasteiger partial charge in [-0.15, -0.1) is 0 Å². The molecule has 0 aliphatic carbocycles. The molecular weight excluding hydrogens is 270 g/mol. The summed E-state index contributed by atoms with van der Waals surface area (Å²) in [6.07, 6.45) is 8.19. The molecule has 0 heterocycles. The topological polar surface area (TPSA) is 27.3 Å². The van der Waals surface area contributed by atoms with E-state index in [2.05, 4.69) is 62.3 Å². The minimum Gasteiger partial charge on any atom is -0.315 e. The van der Waals surface area contributed by atoms with E-state index in [4.69, 9.17) is 0 Å². The fourth-order valence-electron chi connectivity index (χ4n) is 2.28. The van der Waals surface area contributed by atoms with Crippen LogP contribution in [0.5, 0.6) is 0 Å². The van der Waals surface area contributed by atoms with Crippen molar-refractivity contribution in [2.75, 3.05) is 45.8 Å². The Morgan fingerprint density at radius 3 is 2.23 bits per heavy atom. The second-order valence-electron chi connectivity index (χ2n) is 6.21. The maximum atomic E-state index is 3.52. The van der Waals surface area contributed by atoms with Gasteiger partial charge < -0.3 is 15.5 Å². The van der Waals surface area contributed by atoms with Gasteiger partial charge >= 0.3 is 0 Å². The Bertz CT molecular complexity index is 300. The lowest BCUT2D eigenvalue weighted by Gasteiger charge is -2.17. The summed E-state index contributed by atoms with van der Waals surface area (Å²) in [5.74, 6) is 0. The first-order chi connectivity index (χ1) is 10.6. The van der Waals surface area contributed by atoms with Crippen molar-refractivity contribution in [3.63, 3.8) is 0 Å².